The Morgan fingerprint density at radius 2 is 1.59 bits per heavy atom. The molecule has 2 aromatic carbocycles. The van der Waals surface area contributed by atoms with Crippen LogP contribution >= 0.6 is 0 Å². The van der Waals surface area contributed by atoms with E-state index in [0.29, 0.717) is 17.7 Å². The molecule has 0 bridgehead atoms. The summed E-state index contributed by atoms with van der Waals surface area (Å²) in [7, 11) is 0. The molecule has 0 heterocycles. The van der Waals surface area contributed by atoms with Crippen molar-refractivity contribution in [2.24, 2.45) is 0 Å². The largest absolute Gasteiger partial charge is 0.507 e. The zero-order valence-corrected chi connectivity index (χ0v) is 11.9. The van der Waals surface area contributed by atoms with Gasteiger partial charge in [0.15, 0.2) is 5.78 Å². The first kappa shape index (κ1) is 15.6. The fourth-order valence-electron chi connectivity index (χ4n) is 2.00. The Morgan fingerprint density at radius 1 is 0.955 bits per heavy atom. The van der Waals surface area contributed by atoms with E-state index in [9.17, 15) is 14.7 Å². The number of phenols is 1. The second kappa shape index (κ2) is 7.26. The smallest absolute Gasteiger partial charge is 0.303 e. The van der Waals surface area contributed by atoms with Crippen molar-refractivity contribution in [1.82, 2.24) is 0 Å². The first-order chi connectivity index (χ1) is 10.6. The van der Waals surface area contributed by atoms with Crippen molar-refractivity contribution in [1.29, 1.82) is 0 Å². The Hall–Kier alpha value is -2.82. The van der Waals surface area contributed by atoms with E-state index in [0.717, 1.165) is 0 Å². The maximum Gasteiger partial charge on any atom is 0.303 e. The summed E-state index contributed by atoms with van der Waals surface area (Å²) in [6, 6.07) is 13.0. The van der Waals surface area contributed by atoms with Crippen LogP contribution in [0.2, 0.25) is 0 Å². The van der Waals surface area contributed by atoms with Gasteiger partial charge in [-0.25, -0.2) is 0 Å². The maximum atomic E-state index is 12.5. The van der Waals surface area contributed by atoms with Crippen LogP contribution in [0.15, 0.2) is 48.5 Å². The number of hydrogen-bond donors (Lipinski definition) is 2. The van der Waals surface area contributed by atoms with E-state index in [1.165, 1.54) is 6.07 Å². The molecule has 0 aromatic heterocycles. The van der Waals surface area contributed by atoms with Crippen molar-refractivity contribution in [2.45, 2.75) is 12.8 Å². The van der Waals surface area contributed by atoms with Crippen molar-refractivity contribution in [2.75, 3.05) is 6.61 Å². The molecule has 114 valence electrons. The lowest BCUT2D eigenvalue weighted by molar-refractivity contribution is -0.137. The third kappa shape index (κ3) is 3.85. The molecule has 5 nitrogen and oxygen atoms in total. The minimum atomic E-state index is -0.887. The predicted molar refractivity (Wildman–Crippen MR) is 80.3 cm³/mol. The number of carbonyl (C=O) groups excluding carboxylic acids is 1. The summed E-state index contributed by atoms with van der Waals surface area (Å²) in [4.78, 5) is 23.0. The molecule has 0 amide bonds. The van der Waals surface area contributed by atoms with Gasteiger partial charge in [0.1, 0.15) is 11.5 Å². The number of ether oxygens (including phenoxy) is 1. The van der Waals surface area contributed by atoms with Gasteiger partial charge in [0, 0.05) is 6.42 Å². The molecule has 5 heteroatoms. The Morgan fingerprint density at radius 3 is 2.27 bits per heavy atom. The molecule has 0 unspecified atom stereocenters. The number of aliphatic carboxylic acids is 1. The molecule has 0 aliphatic carbocycles. The summed E-state index contributed by atoms with van der Waals surface area (Å²) in [5, 5.41) is 18.4. The van der Waals surface area contributed by atoms with E-state index >= 15 is 0 Å². The molecule has 2 rings (SSSR count). The monoisotopic (exact) mass is 300 g/mol. The van der Waals surface area contributed by atoms with Crippen LogP contribution < -0.4 is 4.74 Å². The van der Waals surface area contributed by atoms with Gasteiger partial charge in [0.05, 0.1) is 17.7 Å². The van der Waals surface area contributed by atoms with Crippen molar-refractivity contribution < 1.29 is 24.5 Å². The lowest BCUT2D eigenvalue weighted by atomic mass is 10.0. The third-order valence-electron chi connectivity index (χ3n) is 3.07. The van der Waals surface area contributed by atoms with Crippen LogP contribution in [0.5, 0.6) is 11.5 Å². The quantitative estimate of drug-likeness (QED) is 0.607. The predicted octanol–water partition coefficient (Wildman–Crippen LogP) is 2.87. The SMILES string of the molecule is O=C(O)CCCOc1ccccc1C(=O)c1ccccc1O. The number of aromatic hydroxyl groups is 1. The Bertz CT molecular complexity index is 678. The number of carbonyl (C=O) groups is 2. The molecule has 0 aliphatic heterocycles. The summed E-state index contributed by atoms with van der Waals surface area (Å²) in [5.74, 6) is -0.941. The number of para-hydroxylation sites is 2. The normalized spacial score (nSPS) is 10.2. The van der Waals surface area contributed by atoms with Crippen LogP contribution in [0, 0.1) is 0 Å². The van der Waals surface area contributed by atoms with Crippen molar-refractivity contribution in [3.8, 4) is 11.5 Å². The van der Waals surface area contributed by atoms with Crippen LogP contribution in [-0.2, 0) is 4.79 Å². The summed E-state index contributed by atoms with van der Waals surface area (Å²) in [6.07, 6.45) is 0.365. The lowest BCUT2D eigenvalue weighted by Crippen LogP contribution is -2.07. The minimum absolute atomic E-state index is 0.00951. The van der Waals surface area contributed by atoms with Gasteiger partial charge < -0.3 is 14.9 Å². The molecule has 0 spiro atoms. The number of carboxylic acid groups (broad SMARTS) is 1. The Labute approximate surface area is 127 Å². The maximum absolute atomic E-state index is 12.5. The van der Waals surface area contributed by atoms with Crippen molar-refractivity contribution >= 4 is 11.8 Å². The minimum Gasteiger partial charge on any atom is -0.507 e. The number of rotatable bonds is 7. The fourth-order valence-corrected chi connectivity index (χ4v) is 2.00. The van der Waals surface area contributed by atoms with Crippen LogP contribution in [0.4, 0.5) is 0 Å². The highest BCUT2D eigenvalue weighted by molar-refractivity contribution is 6.12. The van der Waals surface area contributed by atoms with Crippen LogP contribution in [0.3, 0.4) is 0 Å². The average Bonchev–Trinajstić information content (AvgIpc) is 2.51. The van der Waals surface area contributed by atoms with Gasteiger partial charge in [0.25, 0.3) is 0 Å². The topological polar surface area (TPSA) is 83.8 Å². The van der Waals surface area contributed by atoms with Gasteiger partial charge in [-0.3, -0.25) is 9.59 Å². The molecular formula is C17H16O5. The number of phenolic OH excluding ortho intramolecular Hbond substituents is 1. The van der Waals surface area contributed by atoms with Crippen molar-refractivity contribution in [3.05, 3.63) is 59.7 Å². The molecule has 0 atom stereocenters. The van der Waals surface area contributed by atoms with Crippen LogP contribution in [0.25, 0.3) is 0 Å². The van der Waals surface area contributed by atoms with E-state index in [-0.39, 0.29) is 30.1 Å². The molecule has 0 saturated heterocycles. The highest BCUT2D eigenvalue weighted by Gasteiger charge is 2.17. The van der Waals surface area contributed by atoms with Crippen molar-refractivity contribution in [3.63, 3.8) is 0 Å². The van der Waals surface area contributed by atoms with E-state index in [1.54, 1.807) is 42.5 Å². The molecule has 0 saturated carbocycles. The van der Waals surface area contributed by atoms with Crippen LogP contribution in [-0.4, -0.2) is 28.6 Å². The number of benzene rings is 2. The summed E-state index contributed by atoms with van der Waals surface area (Å²) in [6.45, 7) is 0.206. The third-order valence-corrected chi connectivity index (χ3v) is 3.07. The van der Waals surface area contributed by atoms with E-state index in [2.05, 4.69) is 0 Å². The van der Waals surface area contributed by atoms with Crippen LogP contribution in [0.1, 0.15) is 28.8 Å². The standard InChI is InChI=1S/C17H16O5/c18-14-8-3-1-6-12(14)17(21)13-7-2-4-9-15(13)22-11-5-10-16(19)20/h1-4,6-9,18H,5,10-11H2,(H,19,20). The summed E-state index contributed by atoms with van der Waals surface area (Å²) >= 11 is 0. The van der Waals surface area contributed by atoms with E-state index in [1.807, 2.05) is 0 Å². The van der Waals surface area contributed by atoms with E-state index in [4.69, 9.17) is 9.84 Å². The highest BCUT2D eigenvalue weighted by Crippen LogP contribution is 2.25. The molecule has 0 radical (unpaired) electrons. The lowest BCUT2D eigenvalue weighted by Gasteiger charge is -2.11. The molecule has 22 heavy (non-hydrogen) atoms. The summed E-state index contributed by atoms with van der Waals surface area (Å²) < 4.78 is 5.50. The molecule has 2 N–H and O–H groups in total. The molecule has 0 aliphatic rings. The average molecular weight is 300 g/mol. The Kier molecular flexibility index (Phi) is 5.14. The van der Waals surface area contributed by atoms with Gasteiger partial charge in [-0.1, -0.05) is 24.3 Å². The van der Waals surface area contributed by atoms with E-state index < -0.39 is 5.97 Å². The van der Waals surface area contributed by atoms with Gasteiger partial charge in [-0.15, -0.1) is 0 Å². The zero-order chi connectivity index (χ0) is 15.9. The second-order valence-electron chi connectivity index (χ2n) is 4.69. The zero-order valence-electron chi connectivity index (χ0n) is 11.9. The Balaban J connectivity index is 2.16. The number of carboxylic acids is 1. The van der Waals surface area contributed by atoms with Gasteiger partial charge >= 0.3 is 5.97 Å². The molecule has 2 aromatic rings. The second-order valence-corrected chi connectivity index (χ2v) is 4.69. The van der Waals surface area contributed by atoms with Gasteiger partial charge in [0.2, 0.25) is 0 Å². The fraction of sp³-hybridized carbons (Fsp3) is 0.176. The first-order valence-corrected chi connectivity index (χ1v) is 6.86. The first-order valence-electron chi connectivity index (χ1n) is 6.86. The van der Waals surface area contributed by atoms with Gasteiger partial charge in [-0.2, -0.15) is 0 Å². The molecule has 0 fully saturated rings. The summed E-state index contributed by atoms with van der Waals surface area (Å²) in [5.41, 5.74) is 0.531. The number of ketones is 1. The molecular weight excluding hydrogens is 284 g/mol. The van der Waals surface area contributed by atoms with Gasteiger partial charge in [-0.05, 0) is 30.7 Å². The highest BCUT2D eigenvalue weighted by atomic mass is 16.5. The number of hydrogen-bond acceptors (Lipinski definition) is 4.